The van der Waals surface area contributed by atoms with E-state index in [9.17, 15) is 24.1 Å². The largest absolute Gasteiger partial charge is 0.282 e. The zero-order valence-electron chi connectivity index (χ0n) is 17.7. The maximum Gasteiger partial charge on any atom is 0.282 e. The Kier molecular flexibility index (Phi) is 7.32. The van der Waals surface area contributed by atoms with Crippen molar-refractivity contribution >= 4 is 56.1 Å². The standard InChI is InChI=1S/C23H15BrFN5O4S/c24-14-7-5-13(6-8-14)21-26-18-10-9-15(25)11-17(18)23(27-21)35-12-20(31)28-29-22(32)16-3-1-2-4-19(16)30(33)34/h1-11H,12H2,(H,28,31)(H,29,32). The fraction of sp³-hybridized carbons (Fsp3) is 0.0435. The number of hydrazine groups is 1. The Morgan fingerprint density at radius 3 is 2.51 bits per heavy atom. The summed E-state index contributed by atoms with van der Waals surface area (Å²) in [6.45, 7) is 0. The van der Waals surface area contributed by atoms with Crippen LogP contribution in [0.3, 0.4) is 0 Å². The predicted molar refractivity (Wildman–Crippen MR) is 132 cm³/mol. The van der Waals surface area contributed by atoms with Gasteiger partial charge in [0.1, 0.15) is 16.4 Å². The van der Waals surface area contributed by atoms with Gasteiger partial charge in [0.05, 0.1) is 16.2 Å². The molecule has 0 aliphatic carbocycles. The molecular formula is C23H15BrFN5O4S. The van der Waals surface area contributed by atoms with Gasteiger partial charge < -0.3 is 0 Å². The highest BCUT2D eigenvalue weighted by atomic mass is 79.9. The molecule has 0 spiro atoms. The summed E-state index contributed by atoms with van der Waals surface area (Å²) in [4.78, 5) is 44.1. The molecule has 0 atom stereocenters. The lowest BCUT2D eigenvalue weighted by molar-refractivity contribution is -0.385. The van der Waals surface area contributed by atoms with Gasteiger partial charge in [-0.05, 0) is 36.4 Å². The molecule has 0 fully saturated rings. The van der Waals surface area contributed by atoms with Crippen LogP contribution in [0.2, 0.25) is 0 Å². The van der Waals surface area contributed by atoms with E-state index in [-0.39, 0.29) is 17.0 Å². The van der Waals surface area contributed by atoms with E-state index in [4.69, 9.17) is 0 Å². The SMILES string of the molecule is O=C(CSc1nc(-c2ccc(Br)cc2)nc2ccc(F)cc12)NNC(=O)c1ccccc1[N+](=O)[O-]. The van der Waals surface area contributed by atoms with E-state index in [1.165, 1.54) is 42.5 Å². The number of fused-ring (bicyclic) bond motifs is 1. The maximum atomic E-state index is 13.9. The number of aromatic nitrogens is 2. The molecule has 35 heavy (non-hydrogen) atoms. The van der Waals surface area contributed by atoms with Gasteiger partial charge in [-0.1, -0.05) is 52.0 Å². The highest BCUT2D eigenvalue weighted by molar-refractivity contribution is 9.10. The summed E-state index contributed by atoms with van der Waals surface area (Å²) in [6, 6.07) is 16.8. The second-order valence-corrected chi connectivity index (χ2v) is 8.97. The molecular weight excluding hydrogens is 541 g/mol. The Labute approximate surface area is 210 Å². The molecule has 1 heterocycles. The van der Waals surface area contributed by atoms with E-state index in [2.05, 4.69) is 36.7 Å². The third kappa shape index (κ3) is 5.78. The van der Waals surface area contributed by atoms with Crippen LogP contribution in [0.1, 0.15) is 10.4 Å². The van der Waals surface area contributed by atoms with Crippen molar-refractivity contribution in [1.29, 1.82) is 0 Å². The number of para-hydroxylation sites is 1. The topological polar surface area (TPSA) is 127 Å². The number of nitro groups is 1. The lowest BCUT2D eigenvalue weighted by Gasteiger charge is -2.10. The van der Waals surface area contributed by atoms with Gasteiger partial charge in [-0.25, -0.2) is 14.4 Å². The minimum absolute atomic E-state index is 0.167. The van der Waals surface area contributed by atoms with Crippen molar-refractivity contribution < 1.29 is 18.9 Å². The van der Waals surface area contributed by atoms with Gasteiger partial charge in [0, 0.05) is 21.5 Å². The summed E-state index contributed by atoms with van der Waals surface area (Å²) in [5.74, 6) is -1.65. The number of nitrogens with one attached hydrogen (secondary N) is 2. The summed E-state index contributed by atoms with van der Waals surface area (Å²) < 4.78 is 14.8. The number of hydrogen-bond donors (Lipinski definition) is 2. The molecule has 4 rings (SSSR count). The van der Waals surface area contributed by atoms with E-state index in [1.807, 2.05) is 24.3 Å². The van der Waals surface area contributed by atoms with Crippen molar-refractivity contribution in [3.05, 3.63) is 92.7 Å². The molecule has 12 heteroatoms. The molecule has 0 aliphatic rings. The van der Waals surface area contributed by atoms with E-state index in [0.717, 1.165) is 21.8 Å². The second-order valence-electron chi connectivity index (χ2n) is 7.09. The zero-order chi connectivity index (χ0) is 24.9. The molecule has 0 saturated heterocycles. The zero-order valence-corrected chi connectivity index (χ0v) is 20.1. The smallest absolute Gasteiger partial charge is 0.272 e. The minimum Gasteiger partial charge on any atom is -0.272 e. The lowest BCUT2D eigenvalue weighted by atomic mass is 10.2. The quantitative estimate of drug-likeness (QED) is 0.153. The van der Waals surface area contributed by atoms with Gasteiger partial charge in [0.15, 0.2) is 5.82 Å². The van der Waals surface area contributed by atoms with Crippen molar-refractivity contribution in [1.82, 2.24) is 20.8 Å². The average Bonchev–Trinajstić information content (AvgIpc) is 2.86. The molecule has 1 aromatic heterocycles. The van der Waals surface area contributed by atoms with Crippen LogP contribution in [0.25, 0.3) is 22.3 Å². The summed E-state index contributed by atoms with van der Waals surface area (Å²) in [7, 11) is 0. The minimum atomic E-state index is -0.831. The van der Waals surface area contributed by atoms with E-state index in [0.29, 0.717) is 21.8 Å². The number of thioether (sulfide) groups is 1. The Morgan fingerprint density at radius 2 is 1.77 bits per heavy atom. The monoisotopic (exact) mass is 555 g/mol. The molecule has 9 nitrogen and oxygen atoms in total. The molecule has 2 N–H and O–H groups in total. The number of carbonyl (C=O) groups is 2. The molecule has 0 unspecified atom stereocenters. The van der Waals surface area contributed by atoms with Gasteiger partial charge in [0.25, 0.3) is 11.6 Å². The number of nitro benzene ring substituents is 1. The van der Waals surface area contributed by atoms with Gasteiger partial charge in [-0.3, -0.25) is 30.6 Å². The first-order chi connectivity index (χ1) is 16.8. The summed E-state index contributed by atoms with van der Waals surface area (Å²) in [5, 5.41) is 11.9. The molecule has 176 valence electrons. The summed E-state index contributed by atoms with van der Waals surface area (Å²) in [5.41, 5.74) is 5.06. The first-order valence-electron chi connectivity index (χ1n) is 10.0. The summed E-state index contributed by atoms with van der Waals surface area (Å²) >= 11 is 4.41. The Morgan fingerprint density at radius 1 is 1.03 bits per heavy atom. The summed E-state index contributed by atoms with van der Waals surface area (Å²) in [6.07, 6.45) is 0. The number of nitrogens with zero attached hydrogens (tertiary/aromatic N) is 3. The number of hydrogen-bond acceptors (Lipinski definition) is 7. The van der Waals surface area contributed by atoms with Crippen LogP contribution in [0, 0.1) is 15.9 Å². The van der Waals surface area contributed by atoms with Crippen molar-refractivity contribution in [2.75, 3.05) is 5.75 Å². The van der Waals surface area contributed by atoms with Crippen LogP contribution in [-0.2, 0) is 4.79 Å². The first-order valence-corrected chi connectivity index (χ1v) is 11.8. The van der Waals surface area contributed by atoms with Crippen LogP contribution in [-0.4, -0.2) is 32.5 Å². The number of amides is 2. The second kappa shape index (κ2) is 10.6. The third-order valence-electron chi connectivity index (χ3n) is 4.73. The van der Waals surface area contributed by atoms with E-state index >= 15 is 0 Å². The Hall–Kier alpha value is -3.90. The Balaban J connectivity index is 1.50. The van der Waals surface area contributed by atoms with Crippen LogP contribution in [0.15, 0.2) is 76.2 Å². The molecule has 0 radical (unpaired) electrons. The van der Waals surface area contributed by atoms with Crippen LogP contribution < -0.4 is 10.9 Å². The number of carbonyl (C=O) groups excluding carboxylic acids is 2. The molecule has 0 aliphatic heterocycles. The van der Waals surface area contributed by atoms with E-state index < -0.39 is 22.6 Å². The van der Waals surface area contributed by atoms with Crippen LogP contribution >= 0.6 is 27.7 Å². The third-order valence-corrected chi connectivity index (χ3v) is 6.25. The van der Waals surface area contributed by atoms with Crippen LogP contribution in [0.4, 0.5) is 10.1 Å². The van der Waals surface area contributed by atoms with Gasteiger partial charge in [-0.15, -0.1) is 0 Å². The maximum absolute atomic E-state index is 13.9. The fourth-order valence-corrected chi connectivity index (χ4v) is 4.17. The molecule has 4 aromatic rings. The Bertz CT molecular complexity index is 1450. The lowest BCUT2D eigenvalue weighted by Crippen LogP contribution is -2.42. The first kappa shape index (κ1) is 24.2. The molecule has 3 aromatic carbocycles. The van der Waals surface area contributed by atoms with Crippen molar-refractivity contribution in [3.8, 4) is 11.4 Å². The van der Waals surface area contributed by atoms with Crippen molar-refractivity contribution in [2.24, 2.45) is 0 Å². The molecule has 2 amide bonds. The highest BCUT2D eigenvalue weighted by Crippen LogP contribution is 2.29. The molecule has 0 bridgehead atoms. The predicted octanol–water partition coefficient (Wildman–Crippen LogP) is 4.66. The fourth-order valence-electron chi connectivity index (χ4n) is 3.10. The van der Waals surface area contributed by atoms with Crippen LogP contribution in [0.5, 0.6) is 0 Å². The highest BCUT2D eigenvalue weighted by Gasteiger charge is 2.20. The molecule has 0 saturated carbocycles. The number of halogens is 2. The van der Waals surface area contributed by atoms with Gasteiger partial charge >= 0.3 is 0 Å². The number of rotatable bonds is 6. The van der Waals surface area contributed by atoms with Crippen molar-refractivity contribution in [3.63, 3.8) is 0 Å². The van der Waals surface area contributed by atoms with Gasteiger partial charge in [0.2, 0.25) is 5.91 Å². The van der Waals surface area contributed by atoms with Crippen molar-refractivity contribution in [2.45, 2.75) is 5.03 Å². The normalized spacial score (nSPS) is 10.7. The van der Waals surface area contributed by atoms with Gasteiger partial charge in [-0.2, -0.15) is 0 Å². The average molecular weight is 556 g/mol. The van der Waals surface area contributed by atoms with E-state index in [1.54, 1.807) is 0 Å². The number of benzene rings is 3.